The molecule has 1 heterocycles. The quantitative estimate of drug-likeness (QED) is 0.558. The first-order valence-corrected chi connectivity index (χ1v) is 4.40. The lowest BCUT2D eigenvalue weighted by atomic mass is 9.86. The average molecular weight is 168 g/mol. The van der Waals surface area contributed by atoms with Crippen molar-refractivity contribution in [3.05, 3.63) is 11.8 Å². The molecule has 1 aliphatic heterocycles. The lowest BCUT2D eigenvalue weighted by Gasteiger charge is -2.19. The van der Waals surface area contributed by atoms with E-state index in [4.69, 9.17) is 9.78 Å². The van der Waals surface area contributed by atoms with Gasteiger partial charge >= 0.3 is 0 Å². The number of hydrogen-bond acceptors (Lipinski definition) is 3. The first kappa shape index (κ1) is 7.80. The molecular formula is C9H12O3. The number of ketones is 1. The number of hydrogen-bond donors (Lipinski definition) is 0. The average Bonchev–Trinajstić information content (AvgIpc) is 2.57. The Labute approximate surface area is 71.3 Å². The lowest BCUT2D eigenvalue weighted by molar-refractivity contribution is -0.239. The third kappa shape index (κ3) is 1.37. The van der Waals surface area contributed by atoms with Crippen LogP contribution in [0.15, 0.2) is 11.8 Å². The molecule has 0 radical (unpaired) electrons. The molecule has 0 N–H and O–H groups in total. The Hall–Kier alpha value is -0.830. The second kappa shape index (κ2) is 3.27. The fourth-order valence-electron chi connectivity index (χ4n) is 1.74. The fourth-order valence-corrected chi connectivity index (χ4v) is 1.74. The van der Waals surface area contributed by atoms with E-state index in [-0.39, 0.29) is 5.92 Å². The molecule has 0 aromatic heterocycles. The standard InChI is InChI=1S/C9H12O3/c10-8-4-2-1-3-7(8)9-5-6-11-12-9/h5,7H,1-4,6H2. The molecule has 1 aliphatic carbocycles. The topological polar surface area (TPSA) is 35.5 Å². The molecule has 0 bridgehead atoms. The molecule has 2 aliphatic rings. The Morgan fingerprint density at radius 2 is 2.33 bits per heavy atom. The van der Waals surface area contributed by atoms with Gasteiger partial charge in [0.25, 0.3) is 0 Å². The van der Waals surface area contributed by atoms with Crippen LogP contribution in [0.4, 0.5) is 0 Å². The first-order chi connectivity index (χ1) is 5.88. The van der Waals surface area contributed by atoms with Gasteiger partial charge in [-0.2, -0.15) is 4.89 Å². The van der Waals surface area contributed by atoms with Gasteiger partial charge in [0.2, 0.25) is 0 Å². The Kier molecular flexibility index (Phi) is 2.13. The van der Waals surface area contributed by atoms with Crippen LogP contribution in [-0.4, -0.2) is 12.4 Å². The zero-order valence-corrected chi connectivity index (χ0v) is 6.91. The summed E-state index contributed by atoms with van der Waals surface area (Å²) in [6.45, 7) is 0.485. The fraction of sp³-hybridized carbons (Fsp3) is 0.667. The van der Waals surface area contributed by atoms with E-state index >= 15 is 0 Å². The van der Waals surface area contributed by atoms with Crippen molar-refractivity contribution in [1.29, 1.82) is 0 Å². The predicted molar refractivity (Wildman–Crippen MR) is 42.1 cm³/mol. The van der Waals surface area contributed by atoms with Crippen molar-refractivity contribution in [2.45, 2.75) is 25.7 Å². The summed E-state index contributed by atoms with van der Waals surface area (Å²) >= 11 is 0. The minimum absolute atomic E-state index is 0.0127. The molecule has 0 amide bonds. The van der Waals surface area contributed by atoms with Crippen molar-refractivity contribution >= 4 is 5.78 Å². The van der Waals surface area contributed by atoms with E-state index in [2.05, 4.69) is 0 Å². The van der Waals surface area contributed by atoms with Gasteiger partial charge in [0.15, 0.2) is 5.76 Å². The van der Waals surface area contributed by atoms with E-state index in [1.807, 2.05) is 6.08 Å². The Morgan fingerprint density at radius 1 is 1.42 bits per heavy atom. The second-order valence-corrected chi connectivity index (χ2v) is 3.24. The van der Waals surface area contributed by atoms with E-state index in [1.165, 1.54) is 0 Å². The van der Waals surface area contributed by atoms with Crippen LogP contribution in [0.3, 0.4) is 0 Å². The third-order valence-electron chi connectivity index (χ3n) is 2.41. The van der Waals surface area contributed by atoms with Crippen LogP contribution in [-0.2, 0) is 14.6 Å². The molecule has 0 aromatic carbocycles. The van der Waals surface area contributed by atoms with Crippen LogP contribution >= 0.6 is 0 Å². The Balaban J connectivity index is 2.05. The van der Waals surface area contributed by atoms with E-state index in [1.54, 1.807) is 0 Å². The Morgan fingerprint density at radius 3 is 3.00 bits per heavy atom. The molecule has 3 nitrogen and oxygen atoms in total. The van der Waals surface area contributed by atoms with Crippen LogP contribution in [0.25, 0.3) is 0 Å². The zero-order valence-electron chi connectivity index (χ0n) is 6.91. The Bertz CT molecular complexity index is 220. The van der Waals surface area contributed by atoms with Crippen LogP contribution in [0.5, 0.6) is 0 Å². The summed E-state index contributed by atoms with van der Waals surface area (Å²) in [7, 11) is 0. The van der Waals surface area contributed by atoms with Crippen LogP contribution < -0.4 is 0 Å². The summed E-state index contributed by atoms with van der Waals surface area (Å²) in [6, 6.07) is 0. The molecule has 1 fully saturated rings. The molecule has 0 saturated heterocycles. The van der Waals surface area contributed by atoms with E-state index in [0.717, 1.165) is 25.0 Å². The van der Waals surface area contributed by atoms with Crippen molar-refractivity contribution in [3.63, 3.8) is 0 Å². The lowest BCUT2D eigenvalue weighted by Crippen LogP contribution is -2.21. The SMILES string of the molecule is O=C1CCCCC1C1=CCOO1. The summed E-state index contributed by atoms with van der Waals surface area (Å²) in [6.07, 6.45) is 5.63. The van der Waals surface area contributed by atoms with Gasteiger partial charge in [-0.3, -0.25) is 4.79 Å². The molecule has 0 spiro atoms. The number of allylic oxidation sites excluding steroid dienone is 1. The maximum absolute atomic E-state index is 11.4. The van der Waals surface area contributed by atoms with Crippen molar-refractivity contribution in [2.24, 2.45) is 5.92 Å². The molecule has 0 aromatic rings. The minimum atomic E-state index is -0.0127. The van der Waals surface area contributed by atoms with Gasteiger partial charge in [0, 0.05) is 6.42 Å². The van der Waals surface area contributed by atoms with Gasteiger partial charge in [-0.25, -0.2) is 0 Å². The van der Waals surface area contributed by atoms with E-state index in [0.29, 0.717) is 18.8 Å². The molecular weight excluding hydrogens is 156 g/mol. The largest absolute Gasteiger partial charge is 0.341 e. The molecule has 1 unspecified atom stereocenters. The molecule has 12 heavy (non-hydrogen) atoms. The second-order valence-electron chi connectivity index (χ2n) is 3.24. The van der Waals surface area contributed by atoms with Crippen molar-refractivity contribution < 1.29 is 14.6 Å². The highest BCUT2D eigenvalue weighted by Crippen LogP contribution is 2.29. The highest BCUT2D eigenvalue weighted by atomic mass is 17.2. The van der Waals surface area contributed by atoms with Gasteiger partial charge in [-0.1, -0.05) is 6.42 Å². The molecule has 3 heteroatoms. The first-order valence-electron chi connectivity index (χ1n) is 4.40. The molecule has 66 valence electrons. The van der Waals surface area contributed by atoms with Gasteiger partial charge in [0.1, 0.15) is 12.4 Å². The molecule has 1 saturated carbocycles. The zero-order chi connectivity index (χ0) is 8.39. The summed E-state index contributed by atoms with van der Waals surface area (Å²) < 4.78 is 0. The van der Waals surface area contributed by atoms with Crippen molar-refractivity contribution in [3.8, 4) is 0 Å². The van der Waals surface area contributed by atoms with Gasteiger partial charge in [-0.15, -0.1) is 0 Å². The number of Topliss-reactive ketones (excluding diaryl/α,β-unsaturated/α-hetero) is 1. The third-order valence-corrected chi connectivity index (χ3v) is 2.41. The van der Waals surface area contributed by atoms with E-state index < -0.39 is 0 Å². The van der Waals surface area contributed by atoms with Gasteiger partial charge in [0.05, 0.1) is 5.92 Å². The maximum atomic E-state index is 11.4. The molecule has 1 atom stereocenters. The number of rotatable bonds is 1. The van der Waals surface area contributed by atoms with Crippen LogP contribution in [0, 0.1) is 5.92 Å². The monoisotopic (exact) mass is 168 g/mol. The predicted octanol–water partition coefficient (Wildman–Crippen LogP) is 1.59. The normalized spacial score (nSPS) is 29.8. The highest BCUT2D eigenvalue weighted by Gasteiger charge is 2.29. The van der Waals surface area contributed by atoms with Crippen LogP contribution in [0.1, 0.15) is 25.7 Å². The molecule has 2 rings (SSSR count). The summed E-state index contributed by atoms with van der Waals surface area (Å²) in [5.41, 5.74) is 0. The van der Waals surface area contributed by atoms with Gasteiger partial charge in [-0.05, 0) is 18.9 Å². The summed E-state index contributed by atoms with van der Waals surface area (Å²) in [4.78, 5) is 21.0. The maximum Gasteiger partial charge on any atom is 0.151 e. The van der Waals surface area contributed by atoms with Gasteiger partial charge < -0.3 is 4.89 Å². The summed E-state index contributed by atoms with van der Waals surface area (Å²) in [5.74, 6) is 1.03. The van der Waals surface area contributed by atoms with Crippen LogP contribution in [0.2, 0.25) is 0 Å². The minimum Gasteiger partial charge on any atom is -0.341 e. The smallest absolute Gasteiger partial charge is 0.151 e. The number of carbonyl (C=O) groups excluding carboxylic acids is 1. The van der Waals surface area contributed by atoms with Crippen molar-refractivity contribution in [2.75, 3.05) is 6.61 Å². The van der Waals surface area contributed by atoms with E-state index in [9.17, 15) is 4.79 Å². The number of carbonyl (C=O) groups is 1. The van der Waals surface area contributed by atoms with Crippen molar-refractivity contribution in [1.82, 2.24) is 0 Å². The summed E-state index contributed by atoms with van der Waals surface area (Å²) in [5, 5.41) is 0. The highest BCUT2D eigenvalue weighted by molar-refractivity contribution is 5.83.